The van der Waals surface area contributed by atoms with Crippen molar-refractivity contribution in [2.75, 3.05) is 13.1 Å². The molecule has 0 spiro atoms. The highest BCUT2D eigenvalue weighted by Gasteiger charge is 2.02. The zero-order valence-electron chi connectivity index (χ0n) is 15.0. The quantitative estimate of drug-likeness (QED) is 0.330. The molecule has 0 fully saturated rings. The first-order valence-corrected chi connectivity index (χ1v) is 8.75. The standard InChI is InChI=1S/C21H24N4.HI/c1-2-22-21(24-15-13-19-11-5-6-14-23-19)25-16-18-10-7-9-17-8-3-4-12-20(17)18;/h3-12,14H,2,13,15-16H2,1H3,(H2,22,24,25);1H. The maximum absolute atomic E-state index is 4.74. The Bertz CT molecular complexity index is 828. The van der Waals surface area contributed by atoms with Gasteiger partial charge in [0.1, 0.15) is 0 Å². The van der Waals surface area contributed by atoms with Gasteiger partial charge in [-0.3, -0.25) is 4.98 Å². The third-order valence-electron chi connectivity index (χ3n) is 4.03. The third kappa shape index (κ3) is 5.69. The second-order valence-corrected chi connectivity index (χ2v) is 5.83. The van der Waals surface area contributed by atoms with Gasteiger partial charge in [-0.05, 0) is 35.4 Å². The molecular formula is C21H25IN4. The minimum atomic E-state index is 0. The van der Waals surface area contributed by atoms with Crippen molar-refractivity contribution in [2.24, 2.45) is 4.99 Å². The first kappa shape index (κ1) is 20.2. The average Bonchev–Trinajstić information content (AvgIpc) is 2.67. The van der Waals surface area contributed by atoms with E-state index in [0.717, 1.165) is 31.2 Å². The number of benzene rings is 2. The van der Waals surface area contributed by atoms with Crippen LogP contribution in [0.4, 0.5) is 0 Å². The van der Waals surface area contributed by atoms with Crippen LogP contribution in [-0.4, -0.2) is 24.0 Å². The van der Waals surface area contributed by atoms with E-state index in [9.17, 15) is 0 Å². The summed E-state index contributed by atoms with van der Waals surface area (Å²) in [7, 11) is 0. The van der Waals surface area contributed by atoms with E-state index in [1.165, 1.54) is 16.3 Å². The summed E-state index contributed by atoms with van der Waals surface area (Å²) >= 11 is 0. The summed E-state index contributed by atoms with van der Waals surface area (Å²) in [5.41, 5.74) is 2.32. The van der Waals surface area contributed by atoms with Crippen LogP contribution in [0, 0.1) is 0 Å². The molecule has 136 valence electrons. The molecule has 26 heavy (non-hydrogen) atoms. The molecule has 1 heterocycles. The van der Waals surface area contributed by atoms with Crippen LogP contribution >= 0.6 is 24.0 Å². The summed E-state index contributed by atoms with van der Waals surface area (Å²) < 4.78 is 0. The van der Waals surface area contributed by atoms with E-state index in [4.69, 9.17) is 4.99 Å². The van der Waals surface area contributed by atoms with Crippen molar-refractivity contribution < 1.29 is 0 Å². The zero-order chi connectivity index (χ0) is 17.3. The van der Waals surface area contributed by atoms with Gasteiger partial charge in [-0.2, -0.15) is 0 Å². The number of hydrogen-bond acceptors (Lipinski definition) is 2. The maximum atomic E-state index is 4.74. The molecule has 2 N–H and O–H groups in total. The van der Waals surface area contributed by atoms with E-state index < -0.39 is 0 Å². The lowest BCUT2D eigenvalue weighted by molar-refractivity contribution is 0.789. The minimum absolute atomic E-state index is 0. The van der Waals surface area contributed by atoms with Crippen LogP contribution in [0.15, 0.2) is 71.9 Å². The number of aliphatic imine (C=N–C) groups is 1. The highest BCUT2D eigenvalue weighted by atomic mass is 127. The number of aromatic nitrogens is 1. The van der Waals surface area contributed by atoms with Crippen molar-refractivity contribution >= 4 is 40.7 Å². The highest BCUT2D eigenvalue weighted by molar-refractivity contribution is 14.0. The average molecular weight is 460 g/mol. The van der Waals surface area contributed by atoms with E-state index in [-0.39, 0.29) is 24.0 Å². The minimum Gasteiger partial charge on any atom is -0.357 e. The number of pyridine rings is 1. The fourth-order valence-electron chi connectivity index (χ4n) is 2.79. The van der Waals surface area contributed by atoms with Gasteiger partial charge >= 0.3 is 0 Å². The molecule has 0 atom stereocenters. The molecule has 0 saturated carbocycles. The number of hydrogen-bond donors (Lipinski definition) is 2. The molecule has 0 amide bonds. The van der Waals surface area contributed by atoms with Crippen LogP contribution in [0.2, 0.25) is 0 Å². The fourth-order valence-corrected chi connectivity index (χ4v) is 2.79. The number of halogens is 1. The molecule has 0 saturated heterocycles. The van der Waals surface area contributed by atoms with Gasteiger partial charge in [-0.25, -0.2) is 4.99 Å². The van der Waals surface area contributed by atoms with Gasteiger partial charge in [0, 0.05) is 31.4 Å². The first-order valence-electron chi connectivity index (χ1n) is 8.75. The van der Waals surface area contributed by atoms with Gasteiger partial charge in [-0.15, -0.1) is 24.0 Å². The summed E-state index contributed by atoms with van der Waals surface area (Å²) in [5.74, 6) is 0.839. The fraction of sp³-hybridized carbons (Fsp3) is 0.238. The molecule has 1 aromatic heterocycles. The van der Waals surface area contributed by atoms with Gasteiger partial charge in [0.25, 0.3) is 0 Å². The maximum Gasteiger partial charge on any atom is 0.191 e. The number of fused-ring (bicyclic) bond motifs is 1. The SMILES string of the molecule is CCNC(=NCc1cccc2ccccc12)NCCc1ccccn1.I. The lowest BCUT2D eigenvalue weighted by atomic mass is 10.1. The van der Waals surface area contributed by atoms with Gasteiger partial charge in [0.15, 0.2) is 5.96 Å². The van der Waals surface area contributed by atoms with Crippen LogP contribution < -0.4 is 10.6 Å². The van der Waals surface area contributed by atoms with E-state index in [2.05, 4.69) is 65.0 Å². The van der Waals surface area contributed by atoms with E-state index in [1.54, 1.807) is 0 Å². The molecule has 0 unspecified atom stereocenters. The smallest absolute Gasteiger partial charge is 0.191 e. The van der Waals surface area contributed by atoms with Gasteiger partial charge in [-0.1, -0.05) is 48.5 Å². The third-order valence-corrected chi connectivity index (χ3v) is 4.03. The zero-order valence-corrected chi connectivity index (χ0v) is 17.3. The Morgan fingerprint density at radius 1 is 0.962 bits per heavy atom. The van der Waals surface area contributed by atoms with Crippen molar-refractivity contribution in [1.29, 1.82) is 0 Å². The predicted octanol–water partition coefficient (Wildman–Crippen LogP) is 4.15. The highest BCUT2D eigenvalue weighted by Crippen LogP contribution is 2.19. The van der Waals surface area contributed by atoms with Gasteiger partial charge < -0.3 is 10.6 Å². The first-order chi connectivity index (χ1) is 12.4. The molecular weight excluding hydrogens is 435 g/mol. The molecule has 0 aliphatic rings. The number of rotatable bonds is 6. The van der Waals surface area contributed by atoms with E-state index in [1.807, 2.05) is 24.4 Å². The summed E-state index contributed by atoms with van der Waals surface area (Å²) in [6.07, 6.45) is 2.70. The summed E-state index contributed by atoms with van der Waals surface area (Å²) in [4.78, 5) is 9.09. The lowest BCUT2D eigenvalue weighted by Gasteiger charge is -2.11. The Kier molecular flexibility index (Phi) is 8.34. The van der Waals surface area contributed by atoms with Gasteiger partial charge in [0.2, 0.25) is 0 Å². The number of guanidine groups is 1. The molecule has 3 rings (SSSR count). The Morgan fingerprint density at radius 2 is 1.77 bits per heavy atom. The van der Waals surface area contributed by atoms with E-state index >= 15 is 0 Å². The normalized spacial score (nSPS) is 11.0. The molecule has 0 aliphatic carbocycles. The lowest BCUT2D eigenvalue weighted by Crippen LogP contribution is -2.38. The van der Waals surface area contributed by atoms with Crippen LogP contribution in [-0.2, 0) is 13.0 Å². The number of nitrogens with one attached hydrogen (secondary N) is 2. The molecule has 4 nitrogen and oxygen atoms in total. The predicted molar refractivity (Wildman–Crippen MR) is 120 cm³/mol. The van der Waals surface area contributed by atoms with Crippen molar-refractivity contribution in [3.63, 3.8) is 0 Å². The second kappa shape index (κ2) is 10.8. The Morgan fingerprint density at radius 3 is 2.58 bits per heavy atom. The Balaban J connectivity index is 0.00000243. The van der Waals surface area contributed by atoms with Gasteiger partial charge in [0.05, 0.1) is 6.54 Å². The monoisotopic (exact) mass is 460 g/mol. The van der Waals surface area contributed by atoms with Crippen molar-refractivity contribution in [3.05, 3.63) is 78.1 Å². The summed E-state index contributed by atoms with van der Waals surface area (Å²) in [6, 6.07) is 20.8. The summed E-state index contributed by atoms with van der Waals surface area (Å²) in [5, 5.41) is 9.21. The summed E-state index contributed by atoms with van der Waals surface area (Å²) in [6.45, 7) is 4.37. The van der Waals surface area contributed by atoms with Crippen LogP contribution in [0.5, 0.6) is 0 Å². The topological polar surface area (TPSA) is 49.3 Å². The molecule has 3 aromatic rings. The van der Waals surface area contributed by atoms with Crippen molar-refractivity contribution in [3.8, 4) is 0 Å². The van der Waals surface area contributed by atoms with Crippen molar-refractivity contribution in [1.82, 2.24) is 15.6 Å². The second-order valence-electron chi connectivity index (χ2n) is 5.83. The molecule has 2 aromatic carbocycles. The van der Waals surface area contributed by atoms with E-state index in [0.29, 0.717) is 6.54 Å². The van der Waals surface area contributed by atoms with Crippen LogP contribution in [0.3, 0.4) is 0 Å². The molecule has 0 aliphatic heterocycles. The molecule has 0 radical (unpaired) electrons. The van der Waals surface area contributed by atoms with Crippen LogP contribution in [0.1, 0.15) is 18.2 Å². The van der Waals surface area contributed by atoms with Crippen molar-refractivity contribution in [2.45, 2.75) is 19.9 Å². The Hall–Kier alpha value is -2.15. The molecule has 5 heteroatoms. The Labute approximate surface area is 172 Å². The van der Waals surface area contributed by atoms with Crippen LogP contribution in [0.25, 0.3) is 10.8 Å². The number of nitrogens with zero attached hydrogens (tertiary/aromatic N) is 2. The molecule has 0 bridgehead atoms. The largest absolute Gasteiger partial charge is 0.357 e.